The molecule has 1 nitrogen and oxygen atoms in total. The monoisotopic (exact) mass is 271 g/mol. The van der Waals surface area contributed by atoms with E-state index in [4.69, 9.17) is 12.4 Å². The van der Waals surface area contributed by atoms with Gasteiger partial charge < -0.3 is 0 Å². The second-order valence-corrected chi connectivity index (χ2v) is 5.12. The van der Waals surface area contributed by atoms with Gasteiger partial charge in [0.15, 0.2) is 0 Å². The maximum absolute atomic E-state index is 13.3. The van der Waals surface area contributed by atoms with Crippen LogP contribution in [-0.2, 0) is 44.3 Å². The molecule has 18 heavy (non-hydrogen) atoms. The Morgan fingerprint density at radius 3 is 1.67 bits per heavy atom. The molecular formula is C13H12F3NS. The lowest BCUT2D eigenvalue weighted by molar-refractivity contribution is -0.138. The first kappa shape index (κ1) is 12.1. The number of benzene rings is 1. The molecule has 0 bridgehead atoms. The van der Waals surface area contributed by atoms with Crippen LogP contribution < -0.4 is 0 Å². The van der Waals surface area contributed by atoms with E-state index in [1.54, 1.807) is 0 Å². The highest BCUT2D eigenvalue weighted by molar-refractivity contribution is 7.47. The molecule has 0 N–H and O–H groups in total. The Kier molecular flexibility index (Phi) is 2.70. The first-order chi connectivity index (χ1) is 8.54. The molecule has 96 valence electrons. The molecule has 0 radical (unpaired) electrons. The van der Waals surface area contributed by atoms with E-state index in [0.717, 1.165) is 24.0 Å². The third-order valence-corrected chi connectivity index (χ3v) is 4.17. The zero-order valence-corrected chi connectivity index (χ0v) is 10.5. The third-order valence-electron chi connectivity index (χ3n) is 3.99. The molecule has 1 aromatic rings. The lowest BCUT2D eigenvalue weighted by Crippen LogP contribution is -2.13. The van der Waals surface area contributed by atoms with Gasteiger partial charge in [-0.1, -0.05) is 0 Å². The van der Waals surface area contributed by atoms with Crippen molar-refractivity contribution in [2.75, 3.05) is 0 Å². The first-order valence-corrected chi connectivity index (χ1v) is 6.50. The average Bonchev–Trinajstić information content (AvgIpc) is 2.90. The molecule has 0 aromatic heterocycles. The molecule has 0 saturated carbocycles. The van der Waals surface area contributed by atoms with Gasteiger partial charge in [0.2, 0.25) is 0 Å². The van der Waals surface area contributed by atoms with Crippen molar-refractivity contribution in [3.63, 3.8) is 0 Å². The molecule has 0 saturated heterocycles. The number of fused-ring (bicyclic) bond motifs is 2. The second-order valence-electron chi connectivity index (χ2n) is 4.93. The summed E-state index contributed by atoms with van der Waals surface area (Å²) >= 11 is 4.78. The van der Waals surface area contributed by atoms with Crippen LogP contribution in [0.3, 0.4) is 0 Å². The number of nitrogens with zero attached hydrogens (tertiary/aromatic N) is 1. The van der Waals surface area contributed by atoms with Gasteiger partial charge in [0.1, 0.15) is 0 Å². The topological polar surface area (TPSA) is 12.4 Å². The van der Waals surface area contributed by atoms with Gasteiger partial charge in [-0.25, -0.2) is 0 Å². The van der Waals surface area contributed by atoms with Gasteiger partial charge in [-0.05, 0) is 60.8 Å². The highest BCUT2D eigenvalue weighted by Crippen LogP contribution is 2.48. The van der Waals surface area contributed by atoms with Crippen LogP contribution in [0.4, 0.5) is 18.9 Å². The molecule has 2 aliphatic carbocycles. The Balaban J connectivity index is 2.37. The van der Waals surface area contributed by atoms with Crippen molar-refractivity contribution in [1.82, 2.24) is 0 Å². The van der Waals surface area contributed by atoms with Gasteiger partial charge in [0.05, 0.1) is 11.3 Å². The summed E-state index contributed by atoms with van der Waals surface area (Å²) in [4.78, 5) is 0. The molecule has 0 amide bonds. The van der Waals surface area contributed by atoms with Crippen LogP contribution >= 0.6 is 0 Å². The molecule has 1 aromatic carbocycles. The highest BCUT2D eigenvalue weighted by atomic mass is 32.1. The number of hydrogen-bond acceptors (Lipinski definition) is 2. The molecule has 2 aliphatic rings. The Bertz CT molecular complexity index is 499. The fourth-order valence-corrected chi connectivity index (χ4v) is 3.60. The first-order valence-electron chi connectivity index (χ1n) is 6.14. The van der Waals surface area contributed by atoms with Crippen LogP contribution in [0.25, 0.3) is 0 Å². The minimum Gasteiger partial charge on any atom is -0.181 e. The molecule has 0 aliphatic heterocycles. The quantitative estimate of drug-likeness (QED) is 0.750. The van der Waals surface area contributed by atoms with E-state index in [1.165, 1.54) is 0 Å². The maximum atomic E-state index is 13.3. The summed E-state index contributed by atoms with van der Waals surface area (Å²) in [7, 11) is 0. The number of halogens is 3. The Labute approximate surface area is 109 Å². The molecule has 0 spiro atoms. The van der Waals surface area contributed by atoms with Gasteiger partial charge in [0.25, 0.3) is 0 Å². The normalized spacial score (nSPS) is 17.7. The summed E-state index contributed by atoms with van der Waals surface area (Å²) in [6, 6.07) is 0. The summed E-state index contributed by atoms with van der Waals surface area (Å²) in [5.41, 5.74) is 2.76. The SMILES string of the molecule is FC(F)(F)c1c2c(c(N=S)c3c1CCC3)CCC2. The Morgan fingerprint density at radius 1 is 0.833 bits per heavy atom. The molecule has 0 atom stereocenters. The van der Waals surface area contributed by atoms with Crippen LogP contribution in [0.1, 0.15) is 40.7 Å². The van der Waals surface area contributed by atoms with Crippen molar-refractivity contribution < 1.29 is 13.2 Å². The maximum Gasteiger partial charge on any atom is 0.416 e. The Morgan fingerprint density at radius 2 is 1.28 bits per heavy atom. The summed E-state index contributed by atoms with van der Waals surface area (Å²) in [5.74, 6) is 0. The molecular weight excluding hydrogens is 259 g/mol. The van der Waals surface area contributed by atoms with Crippen molar-refractivity contribution in [3.8, 4) is 0 Å². The van der Waals surface area contributed by atoms with E-state index in [0.29, 0.717) is 42.5 Å². The number of hydrogen-bond donors (Lipinski definition) is 0. The summed E-state index contributed by atoms with van der Waals surface area (Å²) in [5, 5.41) is 0. The van der Waals surface area contributed by atoms with E-state index in [9.17, 15) is 13.2 Å². The van der Waals surface area contributed by atoms with Gasteiger partial charge in [0, 0.05) is 12.4 Å². The number of rotatable bonds is 1. The smallest absolute Gasteiger partial charge is 0.181 e. The van der Waals surface area contributed by atoms with Gasteiger partial charge >= 0.3 is 6.18 Å². The zero-order valence-electron chi connectivity index (χ0n) is 9.73. The van der Waals surface area contributed by atoms with E-state index < -0.39 is 6.18 Å². The lowest BCUT2D eigenvalue weighted by atomic mass is 9.92. The molecule has 3 rings (SSSR count). The van der Waals surface area contributed by atoms with E-state index in [1.807, 2.05) is 0 Å². The molecule has 5 heteroatoms. The fourth-order valence-electron chi connectivity index (χ4n) is 3.38. The Hall–Kier alpha value is -0.970. The van der Waals surface area contributed by atoms with Crippen molar-refractivity contribution in [2.45, 2.75) is 44.7 Å². The van der Waals surface area contributed by atoms with E-state index in [2.05, 4.69) is 4.36 Å². The van der Waals surface area contributed by atoms with Crippen LogP contribution in [-0.4, -0.2) is 0 Å². The minimum absolute atomic E-state index is 0.370. The van der Waals surface area contributed by atoms with E-state index >= 15 is 0 Å². The highest BCUT2D eigenvalue weighted by Gasteiger charge is 2.41. The van der Waals surface area contributed by atoms with Crippen LogP contribution in [0.5, 0.6) is 0 Å². The predicted octanol–water partition coefficient (Wildman–Crippen LogP) is 4.04. The average molecular weight is 271 g/mol. The summed E-state index contributed by atoms with van der Waals surface area (Å²) in [6.45, 7) is 0. The van der Waals surface area contributed by atoms with Crippen LogP contribution in [0.2, 0.25) is 0 Å². The van der Waals surface area contributed by atoms with Crippen LogP contribution in [0.15, 0.2) is 4.36 Å². The van der Waals surface area contributed by atoms with Crippen molar-refractivity contribution in [2.24, 2.45) is 4.36 Å². The van der Waals surface area contributed by atoms with Crippen molar-refractivity contribution >= 4 is 18.1 Å². The molecule has 0 heterocycles. The number of alkyl halides is 3. The summed E-state index contributed by atoms with van der Waals surface area (Å²) in [6.07, 6.45) is -0.311. The fraction of sp³-hybridized carbons (Fsp3) is 0.538. The third kappa shape index (κ3) is 1.60. The standard InChI is InChI=1S/C13H12F3NS/c14-13(15,16)11-7-3-1-5-9(7)12(17-18)10-6-2-4-8(10)11/h1-6H2. The van der Waals surface area contributed by atoms with E-state index in [-0.39, 0.29) is 5.56 Å². The second kappa shape index (κ2) is 4.02. The molecule has 0 fully saturated rings. The van der Waals surface area contributed by atoms with Crippen molar-refractivity contribution in [1.29, 1.82) is 0 Å². The van der Waals surface area contributed by atoms with Gasteiger partial charge in [-0.3, -0.25) is 0 Å². The zero-order chi connectivity index (χ0) is 12.9. The largest absolute Gasteiger partial charge is 0.416 e. The van der Waals surface area contributed by atoms with Gasteiger partial charge in [-0.2, -0.15) is 17.5 Å². The summed E-state index contributed by atoms with van der Waals surface area (Å²) < 4.78 is 43.7. The van der Waals surface area contributed by atoms with Crippen molar-refractivity contribution in [3.05, 3.63) is 27.8 Å². The molecule has 0 unspecified atom stereocenters. The lowest BCUT2D eigenvalue weighted by Gasteiger charge is -2.19. The van der Waals surface area contributed by atoms with Crippen LogP contribution in [0, 0.1) is 0 Å². The minimum atomic E-state index is -4.25. The van der Waals surface area contributed by atoms with Gasteiger partial charge in [-0.15, -0.1) is 0 Å². The predicted molar refractivity (Wildman–Crippen MR) is 64.9 cm³/mol.